The molecule has 4 aliphatic rings. The van der Waals surface area contributed by atoms with Gasteiger partial charge in [0.05, 0.1) is 0 Å². The highest BCUT2D eigenvalue weighted by Gasteiger charge is 2.59. The monoisotopic (exact) mass is 649 g/mol. The normalized spacial score (nSPS) is 33.4. The highest BCUT2D eigenvalue weighted by molar-refractivity contribution is 5.69. The minimum Gasteiger partial charge on any atom is -0.462 e. The zero-order chi connectivity index (χ0) is 33.9. The summed E-state index contributed by atoms with van der Waals surface area (Å²) in [5.74, 6) is 6.05. The summed E-state index contributed by atoms with van der Waals surface area (Å²) in [5, 5.41) is 0. The van der Waals surface area contributed by atoms with E-state index in [2.05, 4.69) is 78.8 Å². The average Bonchev–Trinajstić information content (AvgIpc) is 3.41. The summed E-state index contributed by atoms with van der Waals surface area (Å²) in [6.45, 7) is 17.4. The molecule has 0 heterocycles. The number of fused-ring (bicyclic) bond motifs is 5. The Bertz CT molecular complexity index is 1030. The van der Waals surface area contributed by atoms with Gasteiger partial charge in [0, 0.05) is 12.8 Å². The van der Waals surface area contributed by atoms with Gasteiger partial charge in [-0.25, -0.2) is 0 Å². The number of ether oxygens (including phenoxy) is 1. The van der Waals surface area contributed by atoms with Gasteiger partial charge in [-0.15, -0.1) is 0 Å². The van der Waals surface area contributed by atoms with Crippen LogP contribution in [0.3, 0.4) is 0 Å². The van der Waals surface area contributed by atoms with E-state index >= 15 is 0 Å². The minimum absolute atomic E-state index is 0.00523. The van der Waals surface area contributed by atoms with Gasteiger partial charge in [-0.1, -0.05) is 129 Å². The summed E-state index contributed by atoms with van der Waals surface area (Å²) in [6.07, 6.45) is 37.7. The molecule has 9 unspecified atom stereocenters. The van der Waals surface area contributed by atoms with Gasteiger partial charge in [0.1, 0.15) is 6.10 Å². The number of rotatable bonds is 19. The summed E-state index contributed by atoms with van der Waals surface area (Å²) < 4.78 is 6.09. The maximum Gasteiger partial charge on any atom is 0.306 e. The Hall–Kier alpha value is -1.31. The number of hydrogen-bond donors (Lipinski definition) is 0. The molecule has 268 valence electrons. The van der Waals surface area contributed by atoms with E-state index in [9.17, 15) is 4.79 Å². The lowest BCUT2D eigenvalue weighted by Crippen LogP contribution is -2.51. The number of unbranched alkanes of at least 4 members (excludes halogenated alkanes) is 6. The number of carbonyl (C=O) groups excluding carboxylic acids is 1. The van der Waals surface area contributed by atoms with E-state index in [0.717, 1.165) is 67.1 Å². The first-order valence-electron chi connectivity index (χ1n) is 20.8. The molecule has 4 aliphatic carbocycles. The molecule has 2 nitrogen and oxygen atoms in total. The molecule has 0 N–H and O–H groups in total. The van der Waals surface area contributed by atoms with Crippen LogP contribution in [0.2, 0.25) is 0 Å². The molecule has 47 heavy (non-hydrogen) atoms. The fourth-order valence-electron chi connectivity index (χ4n) is 11.4. The molecular weight excluding hydrogens is 572 g/mol. The van der Waals surface area contributed by atoms with Gasteiger partial charge in [0.25, 0.3) is 0 Å². The smallest absolute Gasteiger partial charge is 0.306 e. The Morgan fingerprint density at radius 2 is 1.62 bits per heavy atom. The Labute approximate surface area is 292 Å². The van der Waals surface area contributed by atoms with E-state index in [-0.39, 0.29) is 12.1 Å². The van der Waals surface area contributed by atoms with E-state index in [1.54, 1.807) is 5.57 Å². The van der Waals surface area contributed by atoms with Crippen LogP contribution >= 0.6 is 0 Å². The van der Waals surface area contributed by atoms with Crippen LogP contribution in [0, 0.1) is 52.3 Å². The molecule has 0 aromatic carbocycles. The molecule has 0 aliphatic heterocycles. The predicted octanol–water partition coefficient (Wildman–Crippen LogP) is 13.6. The van der Waals surface area contributed by atoms with Crippen molar-refractivity contribution in [1.29, 1.82) is 0 Å². The first-order valence-corrected chi connectivity index (χ1v) is 20.8. The van der Waals surface area contributed by atoms with E-state index < -0.39 is 0 Å². The lowest BCUT2D eigenvalue weighted by molar-refractivity contribution is -0.151. The second-order valence-corrected chi connectivity index (χ2v) is 17.6. The molecule has 0 amide bonds. The molecule has 3 fully saturated rings. The molecule has 4 rings (SSSR count). The number of hydrogen-bond acceptors (Lipinski definition) is 2. The molecule has 0 aromatic rings. The zero-order valence-corrected chi connectivity index (χ0v) is 32.2. The predicted molar refractivity (Wildman–Crippen MR) is 202 cm³/mol. The van der Waals surface area contributed by atoms with Crippen LogP contribution in [0.15, 0.2) is 36.0 Å². The fourth-order valence-corrected chi connectivity index (χ4v) is 11.4. The number of allylic oxidation sites excluding steroid dienone is 5. The van der Waals surface area contributed by atoms with E-state index in [4.69, 9.17) is 4.74 Å². The second kappa shape index (κ2) is 18.6. The van der Waals surface area contributed by atoms with Crippen molar-refractivity contribution in [2.75, 3.05) is 0 Å². The van der Waals surface area contributed by atoms with Crippen molar-refractivity contribution in [2.24, 2.45) is 52.3 Å². The van der Waals surface area contributed by atoms with Crippen molar-refractivity contribution in [1.82, 2.24) is 0 Å². The van der Waals surface area contributed by atoms with Crippen LogP contribution in [0.5, 0.6) is 0 Å². The molecule has 0 spiro atoms. The summed E-state index contributed by atoms with van der Waals surface area (Å²) in [4.78, 5) is 12.8. The van der Waals surface area contributed by atoms with Gasteiger partial charge in [-0.2, -0.15) is 0 Å². The Morgan fingerprint density at radius 1 is 0.872 bits per heavy atom. The fraction of sp³-hybridized carbons (Fsp3) is 0.844. The van der Waals surface area contributed by atoms with Crippen LogP contribution in [0.1, 0.15) is 183 Å². The summed E-state index contributed by atoms with van der Waals surface area (Å²) in [5.41, 5.74) is 2.47. The van der Waals surface area contributed by atoms with Crippen LogP contribution in [0.4, 0.5) is 0 Å². The van der Waals surface area contributed by atoms with Crippen LogP contribution in [0.25, 0.3) is 0 Å². The van der Waals surface area contributed by atoms with Crippen LogP contribution in [-0.2, 0) is 9.53 Å². The van der Waals surface area contributed by atoms with Crippen molar-refractivity contribution in [3.63, 3.8) is 0 Å². The Morgan fingerprint density at radius 3 is 2.36 bits per heavy atom. The second-order valence-electron chi connectivity index (χ2n) is 17.6. The van der Waals surface area contributed by atoms with Gasteiger partial charge in [0.2, 0.25) is 0 Å². The van der Waals surface area contributed by atoms with Gasteiger partial charge in [0.15, 0.2) is 0 Å². The lowest BCUT2D eigenvalue weighted by atomic mass is 9.47. The Balaban J connectivity index is 1.20. The van der Waals surface area contributed by atoms with E-state index in [1.165, 1.54) is 103 Å². The standard InChI is InChI=1S/C45H76O2/c1-8-10-11-12-13-14-15-16-17-18-19-20-21-22-43(46)47-38-29-31-44(6)37(33-38)25-26-39-41-28-27-40(45(41,7)32-30-42(39)44)35(5)23-24-36(9-2)34(3)4/h16-17,19-20,25,34-36,38-42H,8-15,18,21-24,26-33H2,1-7H3/b17-16-,20-19+. The molecular formula is C45H76O2. The topological polar surface area (TPSA) is 26.3 Å². The zero-order valence-electron chi connectivity index (χ0n) is 32.2. The van der Waals surface area contributed by atoms with Gasteiger partial charge in [-0.05, 0) is 129 Å². The van der Waals surface area contributed by atoms with Crippen molar-refractivity contribution in [3.05, 3.63) is 36.0 Å². The highest BCUT2D eigenvalue weighted by Crippen LogP contribution is 2.67. The van der Waals surface area contributed by atoms with Gasteiger partial charge >= 0.3 is 5.97 Å². The third-order valence-electron chi connectivity index (χ3n) is 14.4. The summed E-state index contributed by atoms with van der Waals surface area (Å²) in [6, 6.07) is 0. The van der Waals surface area contributed by atoms with Crippen molar-refractivity contribution < 1.29 is 9.53 Å². The molecule has 9 atom stereocenters. The van der Waals surface area contributed by atoms with Crippen LogP contribution < -0.4 is 0 Å². The van der Waals surface area contributed by atoms with Gasteiger partial charge < -0.3 is 4.74 Å². The van der Waals surface area contributed by atoms with Crippen molar-refractivity contribution in [3.8, 4) is 0 Å². The third kappa shape index (κ3) is 9.90. The van der Waals surface area contributed by atoms with Crippen molar-refractivity contribution in [2.45, 2.75) is 189 Å². The lowest BCUT2D eigenvalue weighted by Gasteiger charge is -2.58. The van der Waals surface area contributed by atoms with E-state index in [1.807, 2.05) is 0 Å². The van der Waals surface area contributed by atoms with Crippen LogP contribution in [-0.4, -0.2) is 12.1 Å². The maximum atomic E-state index is 12.8. The van der Waals surface area contributed by atoms with E-state index in [0.29, 0.717) is 17.3 Å². The SMILES string of the molecule is CCCCCCCC/C=C\C/C=C/CCC(=O)OC1CCC2(C)C(=CCC3C2CCC2(C)C(C(C)CCC(CC)C(C)C)CCC32)C1. The average molecular weight is 649 g/mol. The first kappa shape index (κ1) is 38.5. The molecule has 0 bridgehead atoms. The molecule has 0 saturated heterocycles. The summed E-state index contributed by atoms with van der Waals surface area (Å²) in [7, 11) is 0. The highest BCUT2D eigenvalue weighted by atomic mass is 16.5. The first-order chi connectivity index (χ1) is 22.6. The third-order valence-corrected chi connectivity index (χ3v) is 14.4. The molecule has 0 aromatic heterocycles. The number of esters is 1. The molecule has 2 heteroatoms. The summed E-state index contributed by atoms with van der Waals surface area (Å²) >= 11 is 0. The van der Waals surface area contributed by atoms with Crippen molar-refractivity contribution >= 4 is 5.97 Å². The van der Waals surface area contributed by atoms with Gasteiger partial charge in [-0.3, -0.25) is 4.79 Å². The largest absolute Gasteiger partial charge is 0.462 e. The minimum atomic E-state index is -0.00523. The maximum absolute atomic E-state index is 12.8. The Kier molecular flexibility index (Phi) is 15.2. The quantitative estimate of drug-likeness (QED) is 0.0791. The number of carbonyl (C=O) groups is 1. The molecule has 3 saturated carbocycles. The molecule has 0 radical (unpaired) electrons.